The van der Waals surface area contributed by atoms with E-state index < -0.39 is 10.0 Å². The van der Waals surface area contributed by atoms with Gasteiger partial charge in [-0.1, -0.05) is 58.8 Å². The summed E-state index contributed by atoms with van der Waals surface area (Å²) in [5.41, 5.74) is 2.41. The lowest BCUT2D eigenvalue weighted by Gasteiger charge is -2.05. The van der Waals surface area contributed by atoms with Crippen LogP contribution < -0.4 is 10.0 Å². The second-order valence-corrected chi connectivity index (χ2v) is 10.7. The van der Waals surface area contributed by atoms with E-state index in [1.54, 1.807) is 30.0 Å². The summed E-state index contributed by atoms with van der Waals surface area (Å²) in [5, 5.41) is 10.8. The van der Waals surface area contributed by atoms with Gasteiger partial charge in [-0.3, -0.25) is 10.1 Å². The lowest BCUT2D eigenvalue weighted by atomic mass is 10.1. The van der Waals surface area contributed by atoms with Crippen LogP contribution in [0.25, 0.3) is 0 Å². The number of hydrogen-bond acceptors (Lipinski definition) is 7. The molecule has 1 amide bonds. The molecule has 0 aliphatic rings. The Bertz CT molecular complexity index is 1140. The number of amides is 1. The van der Waals surface area contributed by atoms with Gasteiger partial charge in [-0.2, -0.15) is 11.8 Å². The minimum Gasteiger partial charge on any atom is -0.296 e. The lowest BCUT2D eigenvalue weighted by molar-refractivity contribution is 0.102. The van der Waals surface area contributed by atoms with Crippen LogP contribution in [0.4, 0.5) is 5.13 Å². The number of carbonyl (C=O) groups excluding carboxylic acids is 1. The quantitative estimate of drug-likeness (QED) is 0.353. The zero-order valence-corrected chi connectivity index (χ0v) is 19.2. The van der Waals surface area contributed by atoms with Gasteiger partial charge in [0, 0.05) is 28.6 Å². The summed E-state index contributed by atoms with van der Waals surface area (Å²) in [6.07, 6.45) is 0. The third kappa shape index (κ3) is 6.26. The molecule has 158 valence electrons. The molecule has 3 rings (SSSR count). The highest BCUT2D eigenvalue weighted by molar-refractivity contribution is 7.98. The molecule has 0 atom stereocenters. The Morgan fingerprint density at radius 3 is 2.73 bits per heavy atom. The number of aromatic nitrogens is 2. The van der Waals surface area contributed by atoms with Crippen LogP contribution in [0.15, 0.2) is 52.9 Å². The van der Waals surface area contributed by atoms with Gasteiger partial charge in [-0.25, -0.2) is 13.1 Å². The smallest absolute Gasteiger partial charge is 0.269 e. The van der Waals surface area contributed by atoms with Crippen LogP contribution in [0.2, 0.25) is 5.02 Å². The summed E-state index contributed by atoms with van der Waals surface area (Å²) < 4.78 is 27.1. The van der Waals surface area contributed by atoms with Gasteiger partial charge in [0.15, 0.2) is 0 Å². The molecule has 0 spiro atoms. The molecule has 1 heterocycles. The van der Waals surface area contributed by atoms with E-state index in [4.69, 9.17) is 11.6 Å². The van der Waals surface area contributed by atoms with Gasteiger partial charge >= 0.3 is 0 Å². The number of aryl methyl sites for hydroxylation is 1. The highest BCUT2D eigenvalue weighted by atomic mass is 35.5. The van der Waals surface area contributed by atoms with E-state index in [9.17, 15) is 13.2 Å². The van der Waals surface area contributed by atoms with Crippen LogP contribution in [0, 0.1) is 6.92 Å². The Hall–Kier alpha value is -1.98. The molecule has 30 heavy (non-hydrogen) atoms. The number of rotatable bonds is 9. The van der Waals surface area contributed by atoms with Crippen molar-refractivity contribution in [2.45, 2.75) is 17.0 Å². The minimum atomic E-state index is -3.80. The van der Waals surface area contributed by atoms with E-state index >= 15 is 0 Å². The van der Waals surface area contributed by atoms with Crippen molar-refractivity contribution in [1.82, 2.24) is 14.9 Å². The summed E-state index contributed by atoms with van der Waals surface area (Å²) in [6.45, 7) is 2.12. The second-order valence-electron chi connectivity index (χ2n) is 6.24. The highest BCUT2D eigenvalue weighted by Gasteiger charge is 2.20. The summed E-state index contributed by atoms with van der Waals surface area (Å²) in [4.78, 5) is 12.3. The third-order valence-corrected chi connectivity index (χ3v) is 7.93. The van der Waals surface area contributed by atoms with Crippen LogP contribution in [0.1, 0.15) is 21.5 Å². The molecule has 2 N–H and O–H groups in total. The molecule has 0 bridgehead atoms. The van der Waals surface area contributed by atoms with Crippen molar-refractivity contribution in [2.75, 3.05) is 17.6 Å². The normalized spacial score (nSPS) is 11.4. The van der Waals surface area contributed by atoms with E-state index in [1.807, 2.05) is 37.3 Å². The molecular formula is C19H19ClN4O3S3. The van der Waals surface area contributed by atoms with Gasteiger partial charge in [0.1, 0.15) is 0 Å². The van der Waals surface area contributed by atoms with Crippen LogP contribution in [0.5, 0.6) is 0 Å². The Morgan fingerprint density at radius 2 is 1.97 bits per heavy atom. The van der Waals surface area contributed by atoms with Crippen LogP contribution in [-0.4, -0.2) is 36.8 Å². The number of nitrogens with one attached hydrogen (secondary N) is 2. The fraction of sp³-hybridized carbons (Fsp3) is 0.211. The van der Waals surface area contributed by atoms with Crippen LogP contribution >= 0.6 is 34.7 Å². The number of sulfonamides is 1. The Labute approximate surface area is 188 Å². The first-order valence-electron chi connectivity index (χ1n) is 8.87. The largest absolute Gasteiger partial charge is 0.296 e. The number of thioether (sulfide) groups is 1. The lowest BCUT2D eigenvalue weighted by Crippen LogP contribution is -2.26. The first-order chi connectivity index (χ1) is 14.3. The zero-order chi connectivity index (χ0) is 21.6. The monoisotopic (exact) mass is 482 g/mol. The van der Waals surface area contributed by atoms with Crippen molar-refractivity contribution in [1.29, 1.82) is 0 Å². The molecule has 0 aliphatic carbocycles. The standard InChI is InChI=1S/C19H19ClN4O3S3/c1-13-5-4-7-14(11-13)17(25)22-18-23-24-19(29-18)30(26,27)21-9-10-28-12-15-6-2-3-8-16(15)20/h2-8,11,21H,9-10,12H2,1H3,(H,22,23,25). The van der Waals surface area contributed by atoms with Gasteiger partial charge in [0.05, 0.1) is 0 Å². The number of anilines is 1. The molecule has 0 aliphatic heterocycles. The first-order valence-corrected chi connectivity index (χ1v) is 12.7. The van der Waals surface area contributed by atoms with Gasteiger partial charge in [0.2, 0.25) is 9.47 Å². The van der Waals surface area contributed by atoms with E-state index in [0.29, 0.717) is 22.1 Å². The van der Waals surface area contributed by atoms with Crippen molar-refractivity contribution < 1.29 is 13.2 Å². The second kappa shape index (κ2) is 10.4. The molecule has 0 fully saturated rings. The van der Waals surface area contributed by atoms with Crippen molar-refractivity contribution >= 4 is 55.8 Å². The average Bonchev–Trinajstić information content (AvgIpc) is 3.18. The molecule has 2 aromatic carbocycles. The van der Waals surface area contributed by atoms with E-state index in [2.05, 4.69) is 20.2 Å². The number of benzene rings is 2. The Balaban J connectivity index is 1.50. The molecule has 7 nitrogen and oxygen atoms in total. The predicted octanol–water partition coefficient (Wildman–Crippen LogP) is 3.96. The van der Waals surface area contributed by atoms with Gasteiger partial charge in [-0.15, -0.1) is 10.2 Å². The van der Waals surface area contributed by atoms with Gasteiger partial charge in [-0.05, 0) is 30.7 Å². The Morgan fingerprint density at radius 1 is 1.17 bits per heavy atom. The summed E-state index contributed by atoms with van der Waals surface area (Å²) >= 11 is 8.47. The fourth-order valence-electron chi connectivity index (χ4n) is 2.43. The molecular weight excluding hydrogens is 464 g/mol. The Kier molecular flexibility index (Phi) is 7.84. The molecule has 0 radical (unpaired) electrons. The summed E-state index contributed by atoms with van der Waals surface area (Å²) in [7, 11) is -3.80. The minimum absolute atomic E-state index is 0.120. The van der Waals surface area contributed by atoms with Crippen molar-refractivity contribution in [2.24, 2.45) is 0 Å². The SMILES string of the molecule is Cc1cccc(C(=O)Nc2nnc(S(=O)(=O)NCCSCc3ccccc3Cl)s2)c1. The number of halogens is 1. The molecule has 0 unspecified atom stereocenters. The fourth-order valence-corrected chi connectivity index (χ4v) is 5.67. The maximum absolute atomic E-state index is 12.4. The predicted molar refractivity (Wildman–Crippen MR) is 122 cm³/mol. The van der Waals surface area contributed by atoms with E-state index in [0.717, 1.165) is 22.5 Å². The number of nitrogens with zero attached hydrogens (tertiary/aromatic N) is 2. The van der Waals surface area contributed by atoms with Crippen LogP contribution in [-0.2, 0) is 15.8 Å². The molecule has 0 saturated carbocycles. The van der Waals surface area contributed by atoms with Crippen molar-refractivity contribution in [3.05, 3.63) is 70.2 Å². The van der Waals surface area contributed by atoms with E-state index in [-0.39, 0.29) is 21.9 Å². The number of hydrogen-bond donors (Lipinski definition) is 2. The first kappa shape index (κ1) is 22.7. The van der Waals surface area contributed by atoms with Crippen LogP contribution in [0.3, 0.4) is 0 Å². The molecule has 11 heteroatoms. The van der Waals surface area contributed by atoms with Crippen molar-refractivity contribution in [3.8, 4) is 0 Å². The van der Waals surface area contributed by atoms with Gasteiger partial charge in [0.25, 0.3) is 15.9 Å². The number of carbonyl (C=O) groups is 1. The zero-order valence-electron chi connectivity index (χ0n) is 16.0. The van der Waals surface area contributed by atoms with Crippen molar-refractivity contribution in [3.63, 3.8) is 0 Å². The molecule has 3 aromatic rings. The maximum atomic E-state index is 12.4. The third-order valence-electron chi connectivity index (χ3n) is 3.89. The summed E-state index contributed by atoms with van der Waals surface area (Å²) in [6, 6.07) is 14.6. The van der Waals surface area contributed by atoms with E-state index in [1.165, 1.54) is 0 Å². The summed E-state index contributed by atoms with van der Waals surface area (Å²) in [5.74, 6) is 0.887. The molecule has 0 saturated heterocycles. The van der Waals surface area contributed by atoms with Gasteiger partial charge < -0.3 is 0 Å². The maximum Gasteiger partial charge on any atom is 0.269 e. The molecule has 1 aromatic heterocycles. The highest BCUT2D eigenvalue weighted by Crippen LogP contribution is 2.22. The topological polar surface area (TPSA) is 101 Å². The average molecular weight is 483 g/mol.